The molecule has 2 aliphatic rings. The van der Waals surface area contributed by atoms with Crippen molar-refractivity contribution in [1.82, 2.24) is 0 Å². The number of carbonyl (C=O) groups is 2. The van der Waals surface area contributed by atoms with Gasteiger partial charge in [0.05, 0.1) is 11.8 Å². The number of allylic oxidation sites excluding steroid dienone is 2. The first kappa shape index (κ1) is 11.2. The molecule has 4 nitrogen and oxygen atoms in total. The highest BCUT2D eigenvalue weighted by atomic mass is 16.4. The fourth-order valence-electron chi connectivity index (χ4n) is 3.58. The van der Waals surface area contributed by atoms with Crippen LogP contribution in [0.4, 0.5) is 0 Å². The van der Waals surface area contributed by atoms with Gasteiger partial charge < -0.3 is 10.2 Å². The molecule has 0 aromatic carbocycles. The molecule has 4 heteroatoms. The van der Waals surface area contributed by atoms with Gasteiger partial charge in [0.15, 0.2) is 0 Å². The van der Waals surface area contributed by atoms with Crippen LogP contribution in [0.15, 0.2) is 11.1 Å². The quantitative estimate of drug-likeness (QED) is 0.701. The van der Waals surface area contributed by atoms with Gasteiger partial charge >= 0.3 is 11.9 Å². The molecule has 0 amide bonds. The topological polar surface area (TPSA) is 74.6 Å². The fraction of sp³-hybridized carbons (Fsp3) is 0.667. The van der Waals surface area contributed by atoms with Gasteiger partial charge in [-0.05, 0) is 38.5 Å². The predicted molar refractivity (Wildman–Crippen MR) is 56.8 cm³/mol. The smallest absolute Gasteiger partial charge is 0.308 e. The predicted octanol–water partition coefficient (Wildman–Crippen LogP) is 1.76. The van der Waals surface area contributed by atoms with Crippen molar-refractivity contribution < 1.29 is 19.8 Å². The fourth-order valence-corrected chi connectivity index (χ4v) is 3.58. The third kappa shape index (κ3) is 1.36. The van der Waals surface area contributed by atoms with E-state index in [1.165, 1.54) is 0 Å². The Hall–Kier alpha value is -1.32. The number of rotatable bonds is 2. The van der Waals surface area contributed by atoms with Gasteiger partial charge in [0.2, 0.25) is 0 Å². The third-order valence-corrected chi connectivity index (χ3v) is 3.99. The van der Waals surface area contributed by atoms with E-state index >= 15 is 0 Å². The minimum absolute atomic E-state index is 0.0476. The van der Waals surface area contributed by atoms with Crippen LogP contribution in [0.5, 0.6) is 0 Å². The molecule has 4 atom stereocenters. The minimum Gasteiger partial charge on any atom is -0.481 e. The van der Waals surface area contributed by atoms with E-state index < -0.39 is 23.8 Å². The molecule has 0 heterocycles. The number of hydrogen-bond donors (Lipinski definition) is 2. The maximum absolute atomic E-state index is 11.2. The molecule has 2 fully saturated rings. The van der Waals surface area contributed by atoms with E-state index in [0.29, 0.717) is 0 Å². The van der Waals surface area contributed by atoms with E-state index in [1.807, 2.05) is 13.8 Å². The molecule has 88 valence electrons. The molecule has 4 unspecified atom stereocenters. The Bertz CT molecular complexity index is 348. The van der Waals surface area contributed by atoms with Crippen LogP contribution in [0.3, 0.4) is 0 Å². The number of carboxylic acid groups (broad SMARTS) is 2. The van der Waals surface area contributed by atoms with Crippen molar-refractivity contribution in [3.05, 3.63) is 11.1 Å². The molecule has 2 saturated carbocycles. The van der Waals surface area contributed by atoms with Gasteiger partial charge in [-0.3, -0.25) is 9.59 Å². The number of hydrogen-bond acceptors (Lipinski definition) is 2. The molecule has 16 heavy (non-hydrogen) atoms. The lowest BCUT2D eigenvalue weighted by Gasteiger charge is -2.23. The van der Waals surface area contributed by atoms with Gasteiger partial charge in [-0.25, -0.2) is 0 Å². The Morgan fingerprint density at radius 2 is 1.38 bits per heavy atom. The summed E-state index contributed by atoms with van der Waals surface area (Å²) in [5.74, 6) is -3.46. The second kappa shape index (κ2) is 3.61. The van der Waals surface area contributed by atoms with Gasteiger partial charge in [0.1, 0.15) is 0 Å². The molecule has 0 aliphatic heterocycles. The van der Waals surface area contributed by atoms with Crippen LogP contribution in [0.2, 0.25) is 0 Å². The summed E-state index contributed by atoms with van der Waals surface area (Å²) in [7, 11) is 0. The van der Waals surface area contributed by atoms with E-state index in [1.54, 1.807) is 0 Å². The summed E-state index contributed by atoms with van der Waals surface area (Å²) in [5, 5.41) is 18.3. The second-order valence-electron chi connectivity index (χ2n) is 4.97. The zero-order valence-electron chi connectivity index (χ0n) is 9.43. The Morgan fingerprint density at radius 1 is 1.00 bits per heavy atom. The van der Waals surface area contributed by atoms with Crippen LogP contribution in [0.25, 0.3) is 0 Å². The van der Waals surface area contributed by atoms with Crippen LogP contribution in [-0.2, 0) is 9.59 Å². The SMILES string of the molecule is CC(C)=C1C2CCC1C(C(=O)O)C2C(=O)O. The van der Waals surface area contributed by atoms with Crippen molar-refractivity contribution in [2.45, 2.75) is 26.7 Å². The first-order chi connectivity index (χ1) is 7.45. The van der Waals surface area contributed by atoms with E-state index in [0.717, 1.165) is 24.0 Å². The number of aliphatic carboxylic acids is 2. The maximum Gasteiger partial charge on any atom is 0.308 e. The first-order valence-electron chi connectivity index (χ1n) is 5.58. The molecule has 0 spiro atoms. The third-order valence-electron chi connectivity index (χ3n) is 3.99. The lowest BCUT2D eigenvalue weighted by Crippen LogP contribution is -2.34. The summed E-state index contributed by atoms with van der Waals surface area (Å²) in [6.07, 6.45) is 1.65. The Labute approximate surface area is 94.0 Å². The van der Waals surface area contributed by atoms with Crippen molar-refractivity contribution >= 4 is 11.9 Å². The highest BCUT2D eigenvalue weighted by Crippen LogP contribution is 2.56. The van der Waals surface area contributed by atoms with Gasteiger partial charge in [0, 0.05) is 0 Å². The normalized spacial score (nSPS) is 36.5. The molecule has 0 aromatic rings. The summed E-state index contributed by atoms with van der Waals surface area (Å²) in [6, 6.07) is 0. The largest absolute Gasteiger partial charge is 0.481 e. The van der Waals surface area contributed by atoms with E-state index in [9.17, 15) is 9.59 Å². The molecule has 2 N–H and O–H groups in total. The van der Waals surface area contributed by atoms with Crippen molar-refractivity contribution in [3.63, 3.8) is 0 Å². The highest BCUT2D eigenvalue weighted by molar-refractivity contribution is 5.83. The number of carboxylic acids is 2. The van der Waals surface area contributed by atoms with Crippen molar-refractivity contribution in [2.24, 2.45) is 23.7 Å². The van der Waals surface area contributed by atoms with Gasteiger partial charge in [-0.2, -0.15) is 0 Å². The van der Waals surface area contributed by atoms with E-state index in [2.05, 4.69) is 0 Å². The van der Waals surface area contributed by atoms with Crippen LogP contribution in [0.1, 0.15) is 26.7 Å². The van der Waals surface area contributed by atoms with Crippen LogP contribution < -0.4 is 0 Å². The lowest BCUT2D eigenvalue weighted by atomic mass is 9.79. The molecule has 0 radical (unpaired) electrons. The summed E-state index contributed by atoms with van der Waals surface area (Å²) in [6.45, 7) is 3.90. The van der Waals surface area contributed by atoms with Crippen LogP contribution in [-0.4, -0.2) is 22.2 Å². The van der Waals surface area contributed by atoms with Crippen LogP contribution in [0, 0.1) is 23.7 Å². The molecule has 2 rings (SSSR count). The highest BCUT2D eigenvalue weighted by Gasteiger charge is 2.57. The maximum atomic E-state index is 11.2. The molecular formula is C12H16O4. The van der Waals surface area contributed by atoms with Gasteiger partial charge in [0.25, 0.3) is 0 Å². The Morgan fingerprint density at radius 3 is 1.62 bits per heavy atom. The van der Waals surface area contributed by atoms with Crippen molar-refractivity contribution in [1.29, 1.82) is 0 Å². The van der Waals surface area contributed by atoms with Crippen molar-refractivity contribution in [3.8, 4) is 0 Å². The average molecular weight is 224 g/mol. The van der Waals surface area contributed by atoms with E-state index in [4.69, 9.17) is 10.2 Å². The summed E-state index contributed by atoms with van der Waals surface area (Å²) in [5.41, 5.74) is 2.20. The number of fused-ring (bicyclic) bond motifs is 2. The molecule has 2 bridgehead atoms. The van der Waals surface area contributed by atoms with Gasteiger partial charge in [-0.15, -0.1) is 0 Å². The Kier molecular flexibility index (Phi) is 2.52. The zero-order valence-corrected chi connectivity index (χ0v) is 9.43. The van der Waals surface area contributed by atoms with Crippen LogP contribution >= 0.6 is 0 Å². The van der Waals surface area contributed by atoms with Gasteiger partial charge in [-0.1, -0.05) is 11.1 Å². The summed E-state index contributed by atoms with van der Waals surface area (Å²) >= 11 is 0. The average Bonchev–Trinajstić information content (AvgIpc) is 2.70. The first-order valence-corrected chi connectivity index (χ1v) is 5.58. The van der Waals surface area contributed by atoms with E-state index in [-0.39, 0.29) is 11.8 Å². The summed E-state index contributed by atoms with van der Waals surface area (Å²) < 4.78 is 0. The minimum atomic E-state index is -0.960. The molecule has 0 aromatic heterocycles. The zero-order chi connectivity index (χ0) is 12.0. The lowest BCUT2D eigenvalue weighted by molar-refractivity contribution is -0.156. The molecule has 0 saturated heterocycles. The monoisotopic (exact) mass is 224 g/mol. The Balaban J connectivity index is 2.46. The standard InChI is InChI=1S/C12H16O4/c1-5(2)8-6-3-4-7(8)10(12(15)16)9(6)11(13)14/h6-7,9-10H,3-4H2,1-2H3,(H,13,14)(H,15,16). The summed E-state index contributed by atoms with van der Waals surface area (Å²) in [4.78, 5) is 22.4. The molecular weight excluding hydrogens is 208 g/mol. The second-order valence-corrected chi connectivity index (χ2v) is 4.97. The molecule has 2 aliphatic carbocycles. The van der Waals surface area contributed by atoms with Crippen molar-refractivity contribution in [2.75, 3.05) is 0 Å².